The molecule has 1 aromatic heterocycles. The summed E-state index contributed by atoms with van der Waals surface area (Å²) in [6.45, 7) is 4.63. The van der Waals surface area contributed by atoms with E-state index in [2.05, 4.69) is 28.3 Å². The van der Waals surface area contributed by atoms with Crippen molar-refractivity contribution in [3.05, 3.63) is 72.2 Å². The van der Waals surface area contributed by atoms with Crippen molar-refractivity contribution in [2.75, 3.05) is 16.8 Å². The van der Waals surface area contributed by atoms with E-state index in [0.717, 1.165) is 23.5 Å². The normalized spacial score (nSPS) is 15.2. The molecule has 2 aromatic carbocycles. The fourth-order valence-corrected chi connectivity index (χ4v) is 3.49. The predicted molar refractivity (Wildman–Crippen MR) is 109 cm³/mol. The van der Waals surface area contributed by atoms with Gasteiger partial charge < -0.3 is 15.0 Å². The van der Waals surface area contributed by atoms with Gasteiger partial charge in [-0.05, 0) is 56.2 Å². The van der Waals surface area contributed by atoms with Gasteiger partial charge in [-0.15, -0.1) is 0 Å². The number of carbonyl (C=O) groups is 1. The molecule has 3 aromatic rings. The summed E-state index contributed by atoms with van der Waals surface area (Å²) < 4.78 is 5.45. The lowest BCUT2D eigenvalue weighted by Gasteiger charge is -2.22. The second-order valence-electron chi connectivity index (χ2n) is 6.73. The monoisotopic (exact) mass is 374 g/mol. The summed E-state index contributed by atoms with van der Waals surface area (Å²) >= 11 is 0. The van der Waals surface area contributed by atoms with Gasteiger partial charge in [-0.2, -0.15) is 0 Å². The lowest BCUT2D eigenvalue weighted by atomic mass is 10.1. The molecule has 1 unspecified atom stereocenters. The van der Waals surface area contributed by atoms with Crippen LogP contribution in [0.5, 0.6) is 5.75 Å². The SMILES string of the molecule is CCOc1ccc(Nc2cc(C(=O)N3c4ccccc4CC3C)ncn2)cc1. The van der Waals surface area contributed by atoms with Gasteiger partial charge in [0.1, 0.15) is 23.6 Å². The number of benzene rings is 2. The molecule has 1 aliphatic rings. The Labute approximate surface area is 164 Å². The van der Waals surface area contributed by atoms with Gasteiger partial charge in [0.2, 0.25) is 0 Å². The molecular weight excluding hydrogens is 352 g/mol. The van der Waals surface area contributed by atoms with Crippen LogP contribution in [-0.2, 0) is 6.42 Å². The van der Waals surface area contributed by atoms with Crippen LogP contribution in [0.25, 0.3) is 0 Å². The second-order valence-corrected chi connectivity index (χ2v) is 6.73. The average molecular weight is 374 g/mol. The first kappa shape index (κ1) is 18.0. The first-order valence-corrected chi connectivity index (χ1v) is 9.39. The molecule has 0 aliphatic carbocycles. The molecule has 2 heterocycles. The van der Waals surface area contributed by atoms with Crippen molar-refractivity contribution in [2.24, 2.45) is 0 Å². The summed E-state index contributed by atoms with van der Waals surface area (Å²) in [5.41, 5.74) is 3.37. The quantitative estimate of drug-likeness (QED) is 0.725. The molecule has 0 saturated heterocycles. The fourth-order valence-electron chi connectivity index (χ4n) is 3.49. The highest BCUT2D eigenvalue weighted by Gasteiger charge is 2.31. The van der Waals surface area contributed by atoms with Crippen LogP contribution in [0.15, 0.2) is 60.9 Å². The Balaban J connectivity index is 1.54. The van der Waals surface area contributed by atoms with Crippen LogP contribution >= 0.6 is 0 Å². The van der Waals surface area contributed by atoms with E-state index in [0.29, 0.717) is 18.1 Å². The number of rotatable bonds is 5. The van der Waals surface area contributed by atoms with Crippen molar-refractivity contribution in [1.82, 2.24) is 9.97 Å². The smallest absolute Gasteiger partial charge is 0.277 e. The van der Waals surface area contributed by atoms with Crippen LogP contribution in [0.2, 0.25) is 0 Å². The number of hydrogen-bond donors (Lipinski definition) is 1. The second kappa shape index (κ2) is 7.68. The van der Waals surface area contributed by atoms with E-state index in [-0.39, 0.29) is 11.9 Å². The molecule has 4 rings (SSSR count). The van der Waals surface area contributed by atoms with E-state index in [9.17, 15) is 4.79 Å². The molecule has 142 valence electrons. The molecule has 0 fully saturated rings. The Kier molecular flexibility index (Phi) is 4.93. The van der Waals surface area contributed by atoms with Gasteiger partial charge in [0.25, 0.3) is 5.91 Å². The molecule has 0 bridgehead atoms. The summed E-state index contributed by atoms with van der Waals surface area (Å²) in [5.74, 6) is 1.27. The molecule has 1 aliphatic heterocycles. The standard InChI is InChI=1S/C22H22N4O2/c1-3-28-18-10-8-17(9-11-18)25-21-13-19(23-14-24-21)22(27)26-15(2)12-16-6-4-5-7-20(16)26/h4-11,13-15H,3,12H2,1-2H3,(H,23,24,25). The maximum Gasteiger partial charge on any atom is 0.277 e. The van der Waals surface area contributed by atoms with Crippen LogP contribution in [-0.4, -0.2) is 28.5 Å². The van der Waals surface area contributed by atoms with Crippen molar-refractivity contribution in [2.45, 2.75) is 26.3 Å². The van der Waals surface area contributed by atoms with Crippen LogP contribution in [0.3, 0.4) is 0 Å². The van der Waals surface area contributed by atoms with Gasteiger partial charge in [0.15, 0.2) is 0 Å². The third-order valence-corrected chi connectivity index (χ3v) is 4.75. The molecular formula is C22H22N4O2. The van der Waals surface area contributed by atoms with Gasteiger partial charge in [0.05, 0.1) is 6.61 Å². The molecule has 1 amide bonds. The number of carbonyl (C=O) groups excluding carboxylic acids is 1. The van der Waals surface area contributed by atoms with E-state index in [4.69, 9.17) is 4.74 Å². The molecule has 1 atom stereocenters. The fraction of sp³-hybridized carbons (Fsp3) is 0.227. The first-order valence-electron chi connectivity index (χ1n) is 9.39. The Morgan fingerprint density at radius 2 is 1.96 bits per heavy atom. The highest BCUT2D eigenvalue weighted by molar-refractivity contribution is 6.06. The van der Waals surface area contributed by atoms with E-state index in [1.54, 1.807) is 6.07 Å². The number of ether oxygens (including phenoxy) is 1. The number of hydrogen-bond acceptors (Lipinski definition) is 5. The molecule has 1 N–H and O–H groups in total. The number of nitrogens with zero attached hydrogens (tertiary/aromatic N) is 3. The lowest BCUT2D eigenvalue weighted by Crippen LogP contribution is -2.36. The summed E-state index contributed by atoms with van der Waals surface area (Å²) in [7, 11) is 0. The highest BCUT2D eigenvalue weighted by atomic mass is 16.5. The summed E-state index contributed by atoms with van der Waals surface area (Å²) in [4.78, 5) is 23.4. The van der Waals surface area contributed by atoms with Gasteiger partial charge in [0, 0.05) is 23.5 Å². The van der Waals surface area contributed by atoms with Crippen LogP contribution in [0, 0.1) is 0 Å². The Morgan fingerprint density at radius 1 is 1.18 bits per heavy atom. The molecule has 0 spiro atoms. The summed E-state index contributed by atoms with van der Waals surface area (Å²) in [6.07, 6.45) is 2.26. The minimum Gasteiger partial charge on any atom is -0.494 e. The number of para-hydroxylation sites is 1. The maximum atomic E-state index is 13.1. The predicted octanol–water partition coefficient (Wildman–Crippen LogP) is 4.21. The third-order valence-electron chi connectivity index (χ3n) is 4.75. The van der Waals surface area contributed by atoms with Crippen molar-refractivity contribution < 1.29 is 9.53 Å². The topological polar surface area (TPSA) is 67.3 Å². The molecule has 6 heteroatoms. The van der Waals surface area contributed by atoms with Gasteiger partial charge in [-0.3, -0.25) is 4.79 Å². The van der Waals surface area contributed by atoms with E-state index in [1.807, 2.05) is 54.3 Å². The first-order chi connectivity index (χ1) is 13.7. The number of aromatic nitrogens is 2. The van der Waals surface area contributed by atoms with Crippen molar-refractivity contribution >= 4 is 23.1 Å². The number of anilines is 3. The zero-order valence-electron chi connectivity index (χ0n) is 15.9. The van der Waals surface area contributed by atoms with Crippen LogP contribution < -0.4 is 15.0 Å². The van der Waals surface area contributed by atoms with Gasteiger partial charge in [-0.25, -0.2) is 9.97 Å². The number of amides is 1. The van der Waals surface area contributed by atoms with Gasteiger partial charge in [-0.1, -0.05) is 18.2 Å². The molecule has 0 radical (unpaired) electrons. The number of fused-ring (bicyclic) bond motifs is 1. The third kappa shape index (κ3) is 3.53. The Morgan fingerprint density at radius 3 is 2.75 bits per heavy atom. The number of nitrogens with one attached hydrogen (secondary N) is 1. The van der Waals surface area contributed by atoms with E-state index < -0.39 is 0 Å². The van der Waals surface area contributed by atoms with Crippen LogP contribution in [0.4, 0.5) is 17.2 Å². The molecule has 6 nitrogen and oxygen atoms in total. The van der Waals surface area contributed by atoms with Crippen LogP contribution in [0.1, 0.15) is 29.9 Å². The highest BCUT2D eigenvalue weighted by Crippen LogP contribution is 2.33. The van der Waals surface area contributed by atoms with Crippen molar-refractivity contribution in [1.29, 1.82) is 0 Å². The molecule has 0 saturated carbocycles. The summed E-state index contributed by atoms with van der Waals surface area (Å²) in [6, 6.07) is 17.4. The van der Waals surface area contributed by atoms with E-state index in [1.165, 1.54) is 11.9 Å². The minimum atomic E-state index is -0.116. The van der Waals surface area contributed by atoms with Crippen molar-refractivity contribution in [3.8, 4) is 5.75 Å². The zero-order valence-corrected chi connectivity index (χ0v) is 15.9. The Hall–Kier alpha value is -3.41. The maximum absolute atomic E-state index is 13.1. The zero-order chi connectivity index (χ0) is 19.5. The van der Waals surface area contributed by atoms with Gasteiger partial charge >= 0.3 is 0 Å². The Bertz CT molecular complexity index is 988. The summed E-state index contributed by atoms with van der Waals surface area (Å²) in [5, 5.41) is 3.21. The largest absolute Gasteiger partial charge is 0.494 e. The molecule has 28 heavy (non-hydrogen) atoms. The average Bonchev–Trinajstić information content (AvgIpc) is 3.05. The minimum absolute atomic E-state index is 0.0994. The van der Waals surface area contributed by atoms with E-state index >= 15 is 0 Å². The lowest BCUT2D eigenvalue weighted by molar-refractivity contribution is 0.0976. The van der Waals surface area contributed by atoms with Crippen molar-refractivity contribution in [3.63, 3.8) is 0 Å².